The number of unbranched alkanes of at least 4 members (excludes halogenated alkanes) is 1. The van der Waals surface area contributed by atoms with E-state index in [2.05, 4.69) is 13.8 Å². The Bertz CT molecular complexity index is 266. The first-order valence-corrected chi connectivity index (χ1v) is 5.82. The van der Waals surface area contributed by atoms with Crippen molar-refractivity contribution in [1.82, 2.24) is 0 Å². The van der Waals surface area contributed by atoms with Crippen molar-refractivity contribution in [2.75, 3.05) is 0 Å². The molecular weight excluding hydrogens is 202 g/mol. The van der Waals surface area contributed by atoms with Crippen LogP contribution in [0.15, 0.2) is 24.3 Å². The maximum absolute atomic E-state index is 10.1. The Labute approximate surface area is 98.7 Å². The van der Waals surface area contributed by atoms with Crippen LogP contribution in [0.3, 0.4) is 0 Å². The summed E-state index contributed by atoms with van der Waals surface area (Å²) >= 11 is 0. The van der Waals surface area contributed by atoms with Gasteiger partial charge in [0.05, 0.1) is 4.92 Å². The van der Waals surface area contributed by atoms with Crippen molar-refractivity contribution in [3.05, 3.63) is 39.9 Å². The topological polar surface area (TPSA) is 43.1 Å². The molecule has 0 fully saturated rings. The molecular formula is C13H23NO2. The fourth-order valence-electron chi connectivity index (χ4n) is 0.666. The standard InChI is InChI=1S/C7H7NO2.C4H10.C2H6/c1-6-2-4-7(5-3-6)8(9)10;1-3-4-2;1-2/h2-5H,1H3;3-4H2,1-2H3;1-2H3. The molecule has 0 heterocycles. The van der Waals surface area contributed by atoms with E-state index in [1.807, 2.05) is 20.8 Å². The fourth-order valence-corrected chi connectivity index (χ4v) is 0.666. The van der Waals surface area contributed by atoms with Gasteiger partial charge >= 0.3 is 0 Å². The van der Waals surface area contributed by atoms with Gasteiger partial charge in [0.15, 0.2) is 0 Å². The molecule has 0 aliphatic carbocycles. The summed E-state index contributed by atoms with van der Waals surface area (Å²) in [5.74, 6) is 0. The van der Waals surface area contributed by atoms with Gasteiger partial charge in [-0.05, 0) is 6.92 Å². The second-order valence-corrected chi connectivity index (χ2v) is 3.09. The average Bonchev–Trinajstić information content (AvgIpc) is 2.32. The SMILES string of the molecule is CC.CCCC.Cc1ccc([N+](=O)[O-])cc1. The summed E-state index contributed by atoms with van der Waals surface area (Å²) in [7, 11) is 0. The Morgan fingerprint density at radius 1 is 1.06 bits per heavy atom. The van der Waals surface area contributed by atoms with Crippen LogP contribution in [0.2, 0.25) is 0 Å². The molecule has 0 radical (unpaired) electrons. The van der Waals surface area contributed by atoms with E-state index in [0.29, 0.717) is 0 Å². The fraction of sp³-hybridized carbons (Fsp3) is 0.538. The molecule has 1 aromatic carbocycles. The van der Waals surface area contributed by atoms with E-state index in [9.17, 15) is 10.1 Å². The van der Waals surface area contributed by atoms with Crippen LogP contribution in [0.4, 0.5) is 5.69 Å². The molecule has 0 aliphatic rings. The second-order valence-electron chi connectivity index (χ2n) is 3.09. The predicted molar refractivity (Wildman–Crippen MR) is 69.8 cm³/mol. The van der Waals surface area contributed by atoms with E-state index < -0.39 is 4.92 Å². The monoisotopic (exact) mass is 225 g/mol. The lowest BCUT2D eigenvalue weighted by atomic mass is 10.2. The van der Waals surface area contributed by atoms with Crippen molar-refractivity contribution >= 4 is 5.69 Å². The number of nitrogens with zero attached hydrogens (tertiary/aromatic N) is 1. The molecule has 0 amide bonds. The molecule has 0 aromatic heterocycles. The smallest absolute Gasteiger partial charge is 0.258 e. The molecule has 0 aliphatic heterocycles. The minimum atomic E-state index is -0.403. The third-order valence-corrected chi connectivity index (χ3v) is 1.74. The Morgan fingerprint density at radius 3 is 1.69 bits per heavy atom. The van der Waals surface area contributed by atoms with Crippen molar-refractivity contribution in [2.45, 2.75) is 47.5 Å². The maximum atomic E-state index is 10.1. The lowest BCUT2D eigenvalue weighted by Crippen LogP contribution is -1.86. The highest BCUT2D eigenvalue weighted by Gasteiger charge is 2.00. The Morgan fingerprint density at radius 2 is 1.44 bits per heavy atom. The van der Waals surface area contributed by atoms with E-state index in [1.165, 1.54) is 25.0 Å². The van der Waals surface area contributed by atoms with Gasteiger partial charge in [-0.3, -0.25) is 10.1 Å². The van der Waals surface area contributed by atoms with E-state index >= 15 is 0 Å². The largest absolute Gasteiger partial charge is 0.269 e. The first-order valence-electron chi connectivity index (χ1n) is 5.82. The van der Waals surface area contributed by atoms with Crippen LogP contribution < -0.4 is 0 Å². The number of rotatable bonds is 2. The van der Waals surface area contributed by atoms with E-state index in [-0.39, 0.29) is 5.69 Å². The summed E-state index contributed by atoms with van der Waals surface area (Å²) in [5.41, 5.74) is 1.18. The summed E-state index contributed by atoms with van der Waals surface area (Å²) in [4.78, 5) is 9.71. The van der Waals surface area contributed by atoms with Crippen LogP contribution in [0.25, 0.3) is 0 Å². The van der Waals surface area contributed by atoms with Gasteiger partial charge in [0, 0.05) is 12.1 Å². The van der Waals surface area contributed by atoms with Crippen molar-refractivity contribution in [1.29, 1.82) is 0 Å². The second kappa shape index (κ2) is 11.7. The van der Waals surface area contributed by atoms with Gasteiger partial charge in [-0.2, -0.15) is 0 Å². The number of nitro groups is 1. The molecule has 1 aromatic rings. The summed E-state index contributed by atoms with van der Waals surface area (Å²) in [6.07, 6.45) is 2.64. The minimum Gasteiger partial charge on any atom is -0.258 e. The van der Waals surface area contributed by atoms with Gasteiger partial charge in [-0.1, -0.05) is 58.2 Å². The zero-order valence-electron chi connectivity index (χ0n) is 11.0. The highest BCUT2D eigenvalue weighted by molar-refractivity contribution is 5.31. The van der Waals surface area contributed by atoms with Crippen LogP contribution in [0.5, 0.6) is 0 Å². The first-order chi connectivity index (χ1) is 7.61. The quantitative estimate of drug-likeness (QED) is 0.539. The van der Waals surface area contributed by atoms with Crippen molar-refractivity contribution in [2.24, 2.45) is 0 Å². The molecule has 3 heteroatoms. The van der Waals surface area contributed by atoms with Crippen LogP contribution in [0, 0.1) is 17.0 Å². The zero-order chi connectivity index (χ0) is 13.0. The van der Waals surface area contributed by atoms with Crippen LogP contribution in [-0.4, -0.2) is 4.92 Å². The molecule has 92 valence electrons. The molecule has 3 nitrogen and oxygen atoms in total. The van der Waals surface area contributed by atoms with E-state index in [4.69, 9.17) is 0 Å². The maximum Gasteiger partial charge on any atom is 0.269 e. The summed E-state index contributed by atoms with van der Waals surface area (Å²) in [6, 6.07) is 6.43. The number of benzene rings is 1. The van der Waals surface area contributed by atoms with Crippen LogP contribution in [-0.2, 0) is 0 Å². The number of non-ortho nitro benzene ring substituents is 1. The third kappa shape index (κ3) is 9.19. The number of hydrogen-bond acceptors (Lipinski definition) is 2. The van der Waals surface area contributed by atoms with Gasteiger partial charge in [-0.15, -0.1) is 0 Å². The van der Waals surface area contributed by atoms with Gasteiger partial charge in [-0.25, -0.2) is 0 Å². The highest BCUT2D eigenvalue weighted by atomic mass is 16.6. The summed E-state index contributed by atoms with van der Waals surface area (Å²) in [5, 5.41) is 10.1. The normalized spacial score (nSPS) is 8.06. The van der Waals surface area contributed by atoms with Gasteiger partial charge < -0.3 is 0 Å². The molecule has 0 saturated heterocycles. The molecule has 0 N–H and O–H groups in total. The molecule has 0 atom stereocenters. The Balaban J connectivity index is 0. The lowest BCUT2D eigenvalue weighted by Gasteiger charge is -1.90. The van der Waals surface area contributed by atoms with E-state index in [0.717, 1.165) is 5.56 Å². The summed E-state index contributed by atoms with van der Waals surface area (Å²) < 4.78 is 0. The van der Waals surface area contributed by atoms with Crippen molar-refractivity contribution in [3.63, 3.8) is 0 Å². The Kier molecular flexibility index (Phi) is 12.4. The third-order valence-electron chi connectivity index (χ3n) is 1.74. The Hall–Kier alpha value is -1.38. The molecule has 16 heavy (non-hydrogen) atoms. The van der Waals surface area contributed by atoms with Crippen molar-refractivity contribution in [3.8, 4) is 0 Å². The van der Waals surface area contributed by atoms with Gasteiger partial charge in [0.1, 0.15) is 0 Å². The first kappa shape index (κ1) is 17.0. The number of nitro benzene ring substituents is 1. The average molecular weight is 225 g/mol. The van der Waals surface area contributed by atoms with Crippen LogP contribution in [0.1, 0.15) is 46.1 Å². The van der Waals surface area contributed by atoms with E-state index in [1.54, 1.807) is 12.1 Å². The number of hydrogen-bond donors (Lipinski definition) is 0. The molecule has 0 bridgehead atoms. The lowest BCUT2D eigenvalue weighted by molar-refractivity contribution is -0.384. The predicted octanol–water partition coefficient (Wildman–Crippen LogP) is 4.74. The number of aryl methyl sites for hydroxylation is 1. The zero-order valence-corrected chi connectivity index (χ0v) is 11.0. The minimum absolute atomic E-state index is 0.144. The van der Waals surface area contributed by atoms with Gasteiger partial charge in [0.2, 0.25) is 0 Å². The molecule has 0 spiro atoms. The van der Waals surface area contributed by atoms with Crippen molar-refractivity contribution < 1.29 is 4.92 Å². The molecule has 1 rings (SSSR count). The van der Waals surface area contributed by atoms with Gasteiger partial charge in [0.25, 0.3) is 5.69 Å². The highest BCUT2D eigenvalue weighted by Crippen LogP contribution is 2.10. The molecule has 0 saturated carbocycles. The molecule has 0 unspecified atom stereocenters. The summed E-state index contributed by atoms with van der Waals surface area (Å²) in [6.45, 7) is 10.3. The van der Waals surface area contributed by atoms with Crippen LogP contribution >= 0.6 is 0 Å².